The number of pyridine rings is 2. The standard InChI is InChI=1S/C41H35F4N7O3/c1-2-29-32(43)10-7-23-14-28(53)16-30(34(23)29)36-35(45)37-31(18-47-36)38(49-40(48-37)55-22-41-11-5-13-51(41)19-24(42)17-41)50-20-26-8-9-27(21-50)52(26)39(54)33(44)15-25-6-3-4-12-46-25/h1,3-4,6-7,10,12,14-16,18,24,26-27,53H,5,8-9,11,13,17,19-22H2/b33-15-/t24-,26-,27+,41+/m1/s1. The normalized spacial score (nSPS) is 23.8. The Morgan fingerprint density at radius 2 is 1.91 bits per heavy atom. The summed E-state index contributed by atoms with van der Waals surface area (Å²) >= 11 is 0. The summed E-state index contributed by atoms with van der Waals surface area (Å²) < 4.78 is 68.2. The number of terminal acetylenes is 1. The average Bonchev–Trinajstić information content (AvgIpc) is 3.80. The van der Waals surface area contributed by atoms with Crippen LogP contribution in [0, 0.1) is 24.0 Å². The third-order valence-corrected chi connectivity index (χ3v) is 11.5. The smallest absolute Gasteiger partial charge is 0.319 e. The lowest BCUT2D eigenvalue weighted by Gasteiger charge is -2.41. The highest BCUT2D eigenvalue weighted by molar-refractivity contribution is 6.03. The van der Waals surface area contributed by atoms with Crippen LogP contribution in [0.4, 0.5) is 23.4 Å². The molecule has 55 heavy (non-hydrogen) atoms. The van der Waals surface area contributed by atoms with Crippen molar-refractivity contribution in [2.75, 3.05) is 37.7 Å². The number of hydrogen-bond acceptors (Lipinski definition) is 9. The van der Waals surface area contributed by atoms with Crippen molar-refractivity contribution in [3.63, 3.8) is 0 Å². The van der Waals surface area contributed by atoms with Gasteiger partial charge in [0.05, 0.1) is 34.3 Å². The van der Waals surface area contributed by atoms with Crippen LogP contribution in [0.25, 0.3) is 39.0 Å². The molecule has 4 fully saturated rings. The molecule has 0 radical (unpaired) electrons. The number of benzene rings is 2. The van der Waals surface area contributed by atoms with Gasteiger partial charge in [-0.25, -0.2) is 17.6 Å². The van der Waals surface area contributed by atoms with Crippen molar-refractivity contribution in [2.24, 2.45) is 0 Å². The summed E-state index contributed by atoms with van der Waals surface area (Å²) in [6, 6.07) is 9.44. The van der Waals surface area contributed by atoms with Crippen molar-refractivity contribution in [3.8, 4) is 35.4 Å². The Balaban J connectivity index is 1.12. The average molecular weight is 750 g/mol. The lowest BCUT2D eigenvalue weighted by molar-refractivity contribution is -0.131. The van der Waals surface area contributed by atoms with E-state index in [2.05, 4.69) is 25.8 Å². The van der Waals surface area contributed by atoms with E-state index in [4.69, 9.17) is 16.1 Å². The highest BCUT2D eigenvalue weighted by Crippen LogP contribution is 2.43. The summed E-state index contributed by atoms with van der Waals surface area (Å²) in [5.74, 6) is -0.766. The Labute approximate surface area is 313 Å². The Bertz CT molecular complexity index is 2430. The molecular weight excluding hydrogens is 714 g/mol. The number of aromatic nitrogens is 4. The SMILES string of the molecule is C#Cc1c(F)ccc2cc(O)cc(-c3ncc4c(N5C[C@H]6CC[C@@H](C5)N6C(=O)/C(F)=C/c5ccccn5)nc(OC[C@@]56CCCN5C[C@H](F)C6)nc4c3F)c12. The lowest BCUT2D eigenvalue weighted by atomic mass is 9.95. The fourth-order valence-electron chi connectivity index (χ4n) is 9.10. The molecule has 280 valence electrons. The number of phenolic OH excluding ortho intramolecular Hbond substituents is 1. The number of anilines is 1. The topological polar surface area (TPSA) is 108 Å². The zero-order valence-corrected chi connectivity index (χ0v) is 29.6. The van der Waals surface area contributed by atoms with Gasteiger partial charge >= 0.3 is 6.01 Å². The summed E-state index contributed by atoms with van der Waals surface area (Å²) in [5, 5.41) is 11.4. The van der Waals surface area contributed by atoms with Gasteiger partial charge in [-0.1, -0.05) is 18.1 Å². The van der Waals surface area contributed by atoms with Crippen LogP contribution in [0.5, 0.6) is 11.8 Å². The van der Waals surface area contributed by atoms with Crippen molar-refractivity contribution >= 4 is 39.5 Å². The molecule has 14 heteroatoms. The van der Waals surface area contributed by atoms with Crippen LogP contribution in [-0.4, -0.2) is 97.3 Å². The zero-order chi connectivity index (χ0) is 38.0. The molecule has 4 aliphatic rings. The Morgan fingerprint density at radius 1 is 1.09 bits per heavy atom. The number of halogens is 4. The minimum absolute atomic E-state index is 0.0656. The van der Waals surface area contributed by atoms with Crippen molar-refractivity contribution in [1.82, 2.24) is 29.7 Å². The molecule has 4 saturated heterocycles. The predicted octanol–water partition coefficient (Wildman–Crippen LogP) is 6.35. The molecule has 5 aromatic rings. The first kappa shape index (κ1) is 34.9. The van der Waals surface area contributed by atoms with Gasteiger partial charge in [-0.3, -0.25) is 19.7 Å². The van der Waals surface area contributed by atoms with Gasteiger partial charge in [0.1, 0.15) is 41.4 Å². The van der Waals surface area contributed by atoms with Crippen LogP contribution in [0.2, 0.25) is 0 Å². The summed E-state index contributed by atoms with van der Waals surface area (Å²) in [4.78, 5) is 36.9. The van der Waals surface area contributed by atoms with Gasteiger partial charge < -0.3 is 19.6 Å². The molecule has 0 saturated carbocycles. The second kappa shape index (κ2) is 13.5. The molecule has 4 aliphatic heterocycles. The highest BCUT2D eigenvalue weighted by Gasteiger charge is 2.50. The third-order valence-electron chi connectivity index (χ3n) is 11.5. The number of piperazine rings is 1. The molecule has 2 aromatic carbocycles. The fraction of sp³-hybridized carbons (Fsp3) is 0.341. The third kappa shape index (κ3) is 5.97. The van der Waals surface area contributed by atoms with Crippen LogP contribution < -0.4 is 9.64 Å². The van der Waals surface area contributed by atoms with Crippen LogP contribution in [0.1, 0.15) is 43.4 Å². The number of fused-ring (bicyclic) bond motifs is 5. The van der Waals surface area contributed by atoms with E-state index in [0.717, 1.165) is 25.5 Å². The fourth-order valence-corrected chi connectivity index (χ4v) is 9.10. The summed E-state index contributed by atoms with van der Waals surface area (Å²) in [6.07, 6.45) is 11.9. The van der Waals surface area contributed by atoms with Gasteiger partial charge in [-0.2, -0.15) is 9.97 Å². The van der Waals surface area contributed by atoms with E-state index >= 15 is 8.78 Å². The Morgan fingerprint density at radius 3 is 2.67 bits per heavy atom. The molecular formula is C41H35F4N7O3. The number of rotatable bonds is 7. The molecule has 0 spiro atoms. The molecule has 10 nitrogen and oxygen atoms in total. The Kier molecular flexibility index (Phi) is 8.57. The molecule has 4 atom stereocenters. The molecule has 9 rings (SSSR count). The highest BCUT2D eigenvalue weighted by atomic mass is 19.1. The second-order valence-electron chi connectivity index (χ2n) is 14.8. The lowest BCUT2D eigenvalue weighted by Crippen LogP contribution is -2.56. The predicted molar refractivity (Wildman–Crippen MR) is 198 cm³/mol. The van der Waals surface area contributed by atoms with Gasteiger partial charge in [-0.05, 0) is 67.9 Å². The van der Waals surface area contributed by atoms with E-state index in [1.807, 2.05) is 4.90 Å². The number of hydrogen-bond donors (Lipinski definition) is 1. The molecule has 0 aliphatic carbocycles. The number of alkyl halides is 1. The van der Waals surface area contributed by atoms with E-state index in [-0.39, 0.29) is 76.7 Å². The first-order valence-electron chi connectivity index (χ1n) is 18.3. The van der Waals surface area contributed by atoms with E-state index < -0.39 is 35.1 Å². The van der Waals surface area contributed by atoms with Crippen molar-refractivity contribution in [2.45, 2.75) is 55.9 Å². The molecule has 0 unspecified atom stereocenters. The maximum absolute atomic E-state index is 17.1. The van der Waals surface area contributed by atoms with Crippen LogP contribution in [-0.2, 0) is 4.79 Å². The Hall–Kier alpha value is -5.81. The van der Waals surface area contributed by atoms with Crippen LogP contribution in [0.15, 0.2) is 60.7 Å². The van der Waals surface area contributed by atoms with E-state index in [1.54, 1.807) is 23.1 Å². The van der Waals surface area contributed by atoms with Crippen molar-refractivity contribution in [1.29, 1.82) is 0 Å². The van der Waals surface area contributed by atoms with Crippen LogP contribution in [0.3, 0.4) is 0 Å². The molecule has 7 heterocycles. The van der Waals surface area contributed by atoms with Crippen molar-refractivity contribution in [3.05, 3.63) is 83.6 Å². The van der Waals surface area contributed by atoms with Crippen LogP contribution >= 0.6 is 0 Å². The number of carbonyl (C=O) groups excluding carboxylic acids is 1. The number of aromatic hydroxyl groups is 1. The van der Waals surface area contributed by atoms with Gasteiger partial charge in [0, 0.05) is 55.5 Å². The zero-order valence-electron chi connectivity index (χ0n) is 29.6. The number of ether oxygens (including phenoxy) is 1. The van der Waals surface area contributed by atoms with E-state index in [1.165, 1.54) is 36.7 Å². The minimum Gasteiger partial charge on any atom is -0.508 e. The van der Waals surface area contributed by atoms with Gasteiger partial charge in [0.2, 0.25) is 0 Å². The summed E-state index contributed by atoms with van der Waals surface area (Å²) in [7, 11) is 0. The number of carbonyl (C=O) groups is 1. The molecule has 1 amide bonds. The van der Waals surface area contributed by atoms with Gasteiger partial charge in [0.25, 0.3) is 5.91 Å². The monoisotopic (exact) mass is 749 g/mol. The largest absolute Gasteiger partial charge is 0.508 e. The minimum atomic E-state index is -0.990. The van der Waals surface area contributed by atoms with Gasteiger partial charge in [-0.15, -0.1) is 6.42 Å². The number of amides is 1. The van der Waals surface area contributed by atoms with Crippen molar-refractivity contribution < 1.29 is 32.2 Å². The van der Waals surface area contributed by atoms with Gasteiger partial charge in [0.15, 0.2) is 11.6 Å². The quantitative estimate of drug-likeness (QED) is 0.116. The van der Waals surface area contributed by atoms with E-state index in [0.29, 0.717) is 42.7 Å². The number of phenols is 1. The maximum Gasteiger partial charge on any atom is 0.319 e. The molecule has 1 N–H and O–H groups in total. The summed E-state index contributed by atoms with van der Waals surface area (Å²) in [5.41, 5.74) is -0.630. The maximum atomic E-state index is 17.1. The second-order valence-corrected chi connectivity index (χ2v) is 14.8. The summed E-state index contributed by atoms with van der Waals surface area (Å²) in [6.45, 7) is 1.68. The first-order valence-corrected chi connectivity index (χ1v) is 18.3. The molecule has 3 aromatic heterocycles. The molecule has 2 bridgehead atoms. The van der Waals surface area contributed by atoms with E-state index in [9.17, 15) is 18.7 Å². The number of nitrogens with zero attached hydrogens (tertiary/aromatic N) is 7. The first-order chi connectivity index (χ1) is 26.6.